The predicted octanol–water partition coefficient (Wildman–Crippen LogP) is 1.79. The molecule has 6 nitrogen and oxygen atoms in total. The number of nitrogens with zero attached hydrogens (tertiary/aromatic N) is 3. The molecule has 0 saturated carbocycles. The summed E-state index contributed by atoms with van der Waals surface area (Å²) >= 11 is 0. The molecule has 2 rings (SSSR count). The van der Waals surface area contributed by atoms with Crippen molar-refractivity contribution in [2.75, 3.05) is 0 Å². The van der Waals surface area contributed by atoms with Crippen LogP contribution in [0.15, 0.2) is 16.8 Å². The van der Waals surface area contributed by atoms with E-state index < -0.39 is 0 Å². The SMILES string of the molecule is Cc1cc(COc2ncn(C)n2)oc1CNC(C)C. The zero-order valence-corrected chi connectivity index (χ0v) is 11.8. The van der Waals surface area contributed by atoms with Crippen LogP contribution in [0.5, 0.6) is 6.01 Å². The quantitative estimate of drug-likeness (QED) is 0.861. The Hall–Kier alpha value is -1.82. The van der Waals surface area contributed by atoms with Gasteiger partial charge in [0, 0.05) is 13.1 Å². The van der Waals surface area contributed by atoms with E-state index in [1.165, 1.54) is 0 Å². The Morgan fingerprint density at radius 2 is 2.26 bits per heavy atom. The van der Waals surface area contributed by atoms with E-state index in [1.807, 2.05) is 13.0 Å². The molecule has 1 N–H and O–H groups in total. The molecular formula is C13H20N4O2. The molecule has 0 fully saturated rings. The molecule has 0 atom stereocenters. The summed E-state index contributed by atoms with van der Waals surface area (Å²) in [6.07, 6.45) is 1.60. The van der Waals surface area contributed by atoms with Crippen LogP contribution in [0, 0.1) is 6.92 Å². The van der Waals surface area contributed by atoms with Gasteiger partial charge in [0.15, 0.2) is 0 Å². The third-order valence-electron chi connectivity index (χ3n) is 2.66. The van der Waals surface area contributed by atoms with Gasteiger partial charge in [0.05, 0.1) is 6.54 Å². The Labute approximate surface area is 112 Å². The van der Waals surface area contributed by atoms with Gasteiger partial charge in [0.2, 0.25) is 0 Å². The molecule has 2 heterocycles. The number of rotatable bonds is 6. The highest BCUT2D eigenvalue weighted by molar-refractivity contribution is 5.19. The minimum atomic E-state index is 0.340. The summed E-state index contributed by atoms with van der Waals surface area (Å²) < 4.78 is 12.8. The molecule has 104 valence electrons. The van der Waals surface area contributed by atoms with Crippen molar-refractivity contribution in [3.05, 3.63) is 29.5 Å². The third-order valence-corrected chi connectivity index (χ3v) is 2.66. The molecule has 0 spiro atoms. The molecule has 0 aliphatic heterocycles. The average molecular weight is 264 g/mol. The molecule has 0 aliphatic carbocycles. The summed E-state index contributed by atoms with van der Waals surface area (Å²) in [5.41, 5.74) is 1.13. The maximum atomic E-state index is 5.74. The standard InChI is InChI=1S/C13H20N4O2/c1-9(2)14-6-12-10(3)5-11(19-12)7-18-13-15-8-17(4)16-13/h5,8-9,14H,6-7H2,1-4H3. The van der Waals surface area contributed by atoms with Crippen LogP contribution in [0.4, 0.5) is 0 Å². The highest BCUT2D eigenvalue weighted by Crippen LogP contribution is 2.16. The van der Waals surface area contributed by atoms with Crippen LogP contribution >= 0.6 is 0 Å². The van der Waals surface area contributed by atoms with E-state index in [1.54, 1.807) is 18.1 Å². The largest absolute Gasteiger partial charge is 0.461 e. The number of nitrogens with one attached hydrogen (secondary N) is 1. The first kappa shape index (κ1) is 13.6. The molecule has 0 unspecified atom stereocenters. The van der Waals surface area contributed by atoms with E-state index in [4.69, 9.17) is 9.15 Å². The fraction of sp³-hybridized carbons (Fsp3) is 0.538. The van der Waals surface area contributed by atoms with Crippen LogP contribution in [-0.2, 0) is 20.2 Å². The van der Waals surface area contributed by atoms with Crippen molar-refractivity contribution in [2.24, 2.45) is 7.05 Å². The number of hydrogen-bond donors (Lipinski definition) is 1. The lowest BCUT2D eigenvalue weighted by Gasteiger charge is -2.06. The minimum absolute atomic E-state index is 0.340. The van der Waals surface area contributed by atoms with Crippen LogP contribution in [0.2, 0.25) is 0 Å². The molecule has 0 aromatic carbocycles. The van der Waals surface area contributed by atoms with Crippen molar-refractivity contribution in [2.45, 2.75) is 40.0 Å². The summed E-state index contributed by atoms with van der Waals surface area (Å²) in [4.78, 5) is 4.00. The summed E-state index contributed by atoms with van der Waals surface area (Å²) in [7, 11) is 1.80. The smallest absolute Gasteiger partial charge is 0.335 e. The van der Waals surface area contributed by atoms with E-state index in [9.17, 15) is 0 Å². The zero-order chi connectivity index (χ0) is 13.8. The lowest BCUT2D eigenvalue weighted by Crippen LogP contribution is -2.21. The fourth-order valence-corrected chi connectivity index (χ4v) is 1.65. The summed E-state index contributed by atoms with van der Waals surface area (Å²) in [6, 6.07) is 2.78. The van der Waals surface area contributed by atoms with Gasteiger partial charge in [-0.3, -0.25) is 4.68 Å². The third kappa shape index (κ3) is 3.82. The van der Waals surface area contributed by atoms with Gasteiger partial charge in [-0.2, -0.15) is 4.98 Å². The maximum Gasteiger partial charge on any atom is 0.335 e. The maximum absolute atomic E-state index is 5.74. The molecule has 0 saturated heterocycles. The molecule has 6 heteroatoms. The number of aromatic nitrogens is 3. The van der Waals surface area contributed by atoms with Crippen LogP contribution in [0.3, 0.4) is 0 Å². The van der Waals surface area contributed by atoms with E-state index in [2.05, 4.69) is 29.2 Å². The van der Waals surface area contributed by atoms with Gasteiger partial charge < -0.3 is 14.5 Å². The van der Waals surface area contributed by atoms with Gasteiger partial charge in [-0.15, -0.1) is 5.10 Å². The first-order chi connectivity index (χ1) is 9.04. The van der Waals surface area contributed by atoms with Gasteiger partial charge in [-0.05, 0) is 18.6 Å². The van der Waals surface area contributed by atoms with Gasteiger partial charge >= 0.3 is 6.01 Å². The van der Waals surface area contributed by atoms with Crippen LogP contribution in [0.1, 0.15) is 30.9 Å². The molecule has 0 aliphatic rings. The van der Waals surface area contributed by atoms with Crippen molar-refractivity contribution >= 4 is 0 Å². The van der Waals surface area contributed by atoms with E-state index >= 15 is 0 Å². The Bertz CT molecular complexity index is 530. The summed E-state index contributed by atoms with van der Waals surface area (Å²) in [5.74, 6) is 1.73. The second-order valence-corrected chi connectivity index (χ2v) is 4.84. The molecule has 0 amide bonds. The highest BCUT2D eigenvalue weighted by Gasteiger charge is 2.09. The molecular weight excluding hydrogens is 244 g/mol. The Kier molecular flexibility index (Phi) is 4.21. The Morgan fingerprint density at radius 1 is 1.47 bits per heavy atom. The molecule has 2 aromatic rings. The summed E-state index contributed by atoms with van der Waals surface area (Å²) in [5, 5.41) is 7.37. The summed E-state index contributed by atoms with van der Waals surface area (Å²) in [6.45, 7) is 7.31. The first-order valence-electron chi connectivity index (χ1n) is 6.34. The highest BCUT2D eigenvalue weighted by atomic mass is 16.5. The van der Waals surface area contributed by atoms with Crippen LogP contribution in [0.25, 0.3) is 0 Å². The van der Waals surface area contributed by atoms with Crippen LogP contribution in [-0.4, -0.2) is 20.8 Å². The van der Waals surface area contributed by atoms with Gasteiger partial charge in [-0.1, -0.05) is 13.8 Å². The predicted molar refractivity (Wildman–Crippen MR) is 70.8 cm³/mol. The minimum Gasteiger partial charge on any atom is -0.461 e. The molecule has 19 heavy (non-hydrogen) atoms. The fourth-order valence-electron chi connectivity index (χ4n) is 1.65. The zero-order valence-electron chi connectivity index (χ0n) is 11.8. The Balaban J connectivity index is 1.92. The van der Waals surface area contributed by atoms with Crippen molar-refractivity contribution in [3.8, 4) is 6.01 Å². The second kappa shape index (κ2) is 5.88. The van der Waals surface area contributed by atoms with Crippen molar-refractivity contribution in [3.63, 3.8) is 0 Å². The van der Waals surface area contributed by atoms with Crippen LogP contribution < -0.4 is 10.1 Å². The second-order valence-electron chi connectivity index (χ2n) is 4.84. The number of aryl methyl sites for hydroxylation is 2. The average Bonchev–Trinajstić information content (AvgIpc) is 2.90. The molecule has 0 radical (unpaired) electrons. The number of ether oxygens (including phenoxy) is 1. The van der Waals surface area contributed by atoms with E-state index in [0.717, 1.165) is 23.6 Å². The number of furan rings is 1. The Morgan fingerprint density at radius 3 is 2.89 bits per heavy atom. The van der Waals surface area contributed by atoms with Crippen molar-refractivity contribution in [1.29, 1.82) is 0 Å². The lowest BCUT2D eigenvalue weighted by atomic mass is 10.2. The number of hydrogen-bond acceptors (Lipinski definition) is 5. The first-order valence-corrected chi connectivity index (χ1v) is 6.34. The van der Waals surface area contributed by atoms with Crippen molar-refractivity contribution < 1.29 is 9.15 Å². The normalized spacial score (nSPS) is 11.2. The monoisotopic (exact) mass is 264 g/mol. The molecule has 2 aromatic heterocycles. The topological polar surface area (TPSA) is 65.1 Å². The van der Waals surface area contributed by atoms with Gasteiger partial charge in [-0.25, -0.2) is 0 Å². The van der Waals surface area contributed by atoms with E-state index in [0.29, 0.717) is 18.7 Å². The van der Waals surface area contributed by atoms with E-state index in [-0.39, 0.29) is 0 Å². The van der Waals surface area contributed by atoms with Crippen molar-refractivity contribution in [1.82, 2.24) is 20.1 Å². The van der Waals surface area contributed by atoms with Gasteiger partial charge in [0.25, 0.3) is 0 Å². The van der Waals surface area contributed by atoms with Gasteiger partial charge in [0.1, 0.15) is 24.5 Å². The lowest BCUT2D eigenvalue weighted by molar-refractivity contribution is 0.245. The molecule has 0 bridgehead atoms.